The van der Waals surface area contributed by atoms with E-state index in [1.165, 1.54) is 0 Å². The van der Waals surface area contributed by atoms with E-state index in [4.69, 9.17) is 5.73 Å². The Hall–Kier alpha value is -1.59. The molecule has 0 bridgehead atoms. The van der Waals surface area contributed by atoms with Crippen LogP contribution in [0.3, 0.4) is 0 Å². The van der Waals surface area contributed by atoms with Gasteiger partial charge < -0.3 is 16.4 Å². The van der Waals surface area contributed by atoms with E-state index in [2.05, 4.69) is 10.6 Å². The molecule has 0 atom stereocenters. The average molecular weight is 298 g/mol. The summed E-state index contributed by atoms with van der Waals surface area (Å²) in [4.78, 5) is 22.8. The first kappa shape index (κ1) is 16.5. The summed E-state index contributed by atoms with van der Waals surface area (Å²) in [5.41, 5.74) is 6.30. The van der Waals surface area contributed by atoms with Gasteiger partial charge >= 0.3 is 0 Å². The van der Waals surface area contributed by atoms with E-state index in [-0.39, 0.29) is 18.3 Å². The summed E-state index contributed by atoms with van der Waals surface area (Å²) < 4.78 is 0. The SMILES string of the molecule is Cl.NC(=O)c1ccc(NC(=O)CC2CCNCC2)cc1. The topological polar surface area (TPSA) is 84.2 Å². The third kappa shape index (κ3) is 4.83. The van der Waals surface area contributed by atoms with Crippen molar-refractivity contribution in [1.29, 1.82) is 0 Å². The number of nitrogens with two attached hydrogens (primary N) is 1. The highest BCUT2D eigenvalue weighted by Gasteiger charge is 2.16. The molecule has 1 aliphatic rings. The van der Waals surface area contributed by atoms with Gasteiger partial charge in [-0.25, -0.2) is 0 Å². The highest BCUT2D eigenvalue weighted by atomic mass is 35.5. The minimum absolute atomic E-state index is 0. The molecule has 110 valence electrons. The summed E-state index contributed by atoms with van der Waals surface area (Å²) >= 11 is 0. The molecule has 1 saturated heterocycles. The molecule has 5 nitrogen and oxygen atoms in total. The minimum atomic E-state index is -0.465. The lowest BCUT2D eigenvalue weighted by atomic mass is 9.94. The summed E-state index contributed by atoms with van der Waals surface area (Å²) in [7, 11) is 0. The van der Waals surface area contributed by atoms with Crippen LogP contribution in [0.4, 0.5) is 5.69 Å². The number of carbonyl (C=O) groups is 2. The Balaban J connectivity index is 0.00000200. The summed E-state index contributed by atoms with van der Waals surface area (Å²) in [5.74, 6) is 0.0254. The van der Waals surface area contributed by atoms with Crippen LogP contribution in [0.1, 0.15) is 29.6 Å². The summed E-state index contributed by atoms with van der Waals surface area (Å²) in [5, 5.41) is 6.12. The third-order valence-corrected chi connectivity index (χ3v) is 3.39. The first-order chi connectivity index (χ1) is 9.15. The summed E-state index contributed by atoms with van der Waals surface area (Å²) in [6.45, 7) is 1.98. The Morgan fingerprint density at radius 2 is 1.80 bits per heavy atom. The maximum atomic E-state index is 11.9. The van der Waals surface area contributed by atoms with Crippen molar-refractivity contribution in [3.05, 3.63) is 29.8 Å². The number of hydrogen-bond acceptors (Lipinski definition) is 3. The molecule has 1 aliphatic heterocycles. The number of anilines is 1. The Bertz CT molecular complexity index is 456. The van der Waals surface area contributed by atoms with Crippen LogP contribution >= 0.6 is 12.4 Å². The van der Waals surface area contributed by atoms with Crippen molar-refractivity contribution in [3.8, 4) is 0 Å². The number of rotatable bonds is 4. The van der Waals surface area contributed by atoms with Gasteiger partial charge in [0.25, 0.3) is 0 Å². The van der Waals surface area contributed by atoms with Gasteiger partial charge in [-0.15, -0.1) is 12.4 Å². The maximum Gasteiger partial charge on any atom is 0.248 e. The van der Waals surface area contributed by atoms with Crippen molar-refractivity contribution < 1.29 is 9.59 Å². The van der Waals surface area contributed by atoms with Crippen molar-refractivity contribution in [2.45, 2.75) is 19.3 Å². The lowest BCUT2D eigenvalue weighted by Gasteiger charge is -2.21. The Labute approximate surface area is 124 Å². The third-order valence-electron chi connectivity index (χ3n) is 3.39. The molecule has 2 amide bonds. The first-order valence-electron chi connectivity index (χ1n) is 6.55. The summed E-state index contributed by atoms with van der Waals surface area (Å²) in [6.07, 6.45) is 2.65. The summed E-state index contributed by atoms with van der Waals surface area (Å²) in [6, 6.07) is 6.62. The van der Waals surface area contributed by atoms with Crippen LogP contribution in [0.25, 0.3) is 0 Å². The minimum Gasteiger partial charge on any atom is -0.366 e. The molecule has 0 radical (unpaired) electrons. The van der Waals surface area contributed by atoms with Gasteiger partial charge in [-0.05, 0) is 56.1 Å². The zero-order valence-corrected chi connectivity index (χ0v) is 12.0. The number of primary amides is 1. The molecule has 6 heteroatoms. The maximum absolute atomic E-state index is 11.9. The second kappa shape index (κ2) is 7.87. The smallest absolute Gasteiger partial charge is 0.248 e. The molecule has 0 unspecified atom stereocenters. The van der Waals surface area contributed by atoms with Crippen LogP contribution in [-0.4, -0.2) is 24.9 Å². The first-order valence-corrected chi connectivity index (χ1v) is 6.55. The highest BCUT2D eigenvalue weighted by molar-refractivity contribution is 5.94. The fraction of sp³-hybridized carbons (Fsp3) is 0.429. The fourth-order valence-corrected chi connectivity index (χ4v) is 2.28. The Kier molecular flexibility index (Phi) is 6.48. The van der Waals surface area contributed by atoms with Crippen LogP contribution in [0.15, 0.2) is 24.3 Å². The molecule has 0 saturated carbocycles. The predicted molar refractivity (Wildman–Crippen MR) is 81.0 cm³/mol. The monoisotopic (exact) mass is 297 g/mol. The van der Waals surface area contributed by atoms with E-state index in [9.17, 15) is 9.59 Å². The zero-order chi connectivity index (χ0) is 13.7. The molecular weight excluding hydrogens is 278 g/mol. The number of benzene rings is 1. The lowest BCUT2D eigenvalue weighted by molar-refractivity contribution is -0.117. The van der Waals surface area contributed by atoms with Gasteiger partial charge in [0.2, 0.25) is 11.8 Å². The van der Waals surface area contributed by atoms with E-state index >= 15 is 0 Å². The molecule has 0 aliphatic carbocycles. The van der Waals surface area contributed by atoms with E-state index in [0.717, 1.165) is 25.9 Å². The van der Waals surface area contributed by atoms with Gasteiger partial charge in [0.05, 0.1) is 0 Å². The standard InChI is InChI=1S/C14H19N3O2.ClH/c15-14(19)11-1-3-12(4-2-11)17-13(18)9-10-5-7-16-8-6-10;/h1-4,10,16H,5-9H2,(H2,15,19)(H,17,18);1H. The van der Waals surface area contributed by atoms with Crippen LogP contribution in [0.2, 0.25) is 0 Å². The lowest BCUT2D eigenvalue weighted by Crippen LogP contribution is -2.30. The molecule has 20 heavy (non-hydrogen) atoms. The number of nitrogens with one attached hydrogen (secondary N) is 2. The molecule has 1 heterocycles. The number of carbonyl (C=O) groups excluding carboxylic acids is 2. The van der Waals surface area contributed by atoms with E-state index in [0.29, 0.717) is 23.6 Å². The van der Waals surface area contributed by atoms with Crippen molar-refractivity contribution in [2.24, 2.45) is 11.7 Å². The largest absolute Gasteiger partial charge is 0.366 e. The molecule has 2 rings (SSSR count). The predicted octanol–water partition coefficient (Wildman–Crippen LogP) is 1.54. The van der Waals surface area contributed by atoms with Crippen molar-refractivity contribution >= 4 is 29.9 Å². The van der Waals surface area contributed by atoms with Gasteiger partial charge in [-0.1, -0.05) is 0 Å². The van der Waals surface area contributed by atoms with Crippen molar-refractivity contribution in [2.75, 3.05) is 18.4 Å². The van der Waals surface area contributed by atoms with Crippen LogP contribution in [0.5, 0.6) is 0 Å². The van der Waals surface area contributed by atoms with Gasteiger partial charge in [0.1, 0.15) is 0 Å². The highest BCUT2D eigenvalue weighted by Crippen LogP contribution is 2.17. The number of hydrogen-bond donors (Lipinski definition) is 3. The second-order valence-corrected chi connectivity index (χ2v) is 4.89. The van der Waals surface area contributed by atoms with E-state index < -0.39 is 5.91 Å². The Morgan fingerprint density at radius 1 is 1.20 bits per heavy atom. The van der Waals surface area contributed by atoms with Crippen molar-refractivity contribution in [3.63, 3.8) is 0 Å². The van der Waals surface area contributed by atoms with Gasteiger partial charge in [-0.3, -0.25) is 9.59 Å². The molecular formula is C14H20ClN3O2. The van der Waals surface area contributed by atoms with Crippen LogP contribution in [-0.2, 0) is 4.79 Å². The molecule has 1 fully saturated rings. The Morgan fingerprint density at radius 3 is 2.35 bits per heavy atom. The van der Waals surface area contributed by atoms with Crippen molar-refractivity contribution in [1.82, 2.24) is 5.32 Å². The molecule has 0 spiro atoms. The normalized spacial score (nSPS) is 15.2. The quantitative estimate of drug-likeness (QED) is 0.788. The van der Waals surface area contributed by atoms with Gasteiger partial charge in [0, 0.05) is 17.7 Å². The fourth-order valence-electron chi connectivity index (χ4n) is 2.28. The zero-order valence-electron chi connectivity index (χ0n) is 11.2. The van der Waals surface area contributed by atoms with E-state index in [1.807, 2.05) is 0 Å². The molecule has 1 aromatic rings. The second-order valence-electron chi connectivity index (χ2n) is 4.89. The molecule has 0 aromatic heterocycles. The van der Waals surface area contributed by atoms with E-state index in [1.54, 1.807) is 24.3 Å². The molecule has 4 N–H and O–H groups in total. The van der Waals surface area contributed by atoms with Crippen LogP contribution in [0, 0.1) is 5.92 Å². The average Bonchev–Trinajstić information content (AvgIpc) is 2.40. The number of halogens is 1. The molecule has 1 aromatic carbocycles. The number of amides is 2. The van der Waals surface area contributed by atoms with Gasteiger partial charge in [0.15, 0.2) is 0 Å². The van der Waals surface area contributed by atoms with Gasteiger partial charge in [-0.2, -0.15) is 0 Å². The van der Waals surface area contributed by atoms with Crippen LogP contribution < -0.4 is 16.4 Å². The number of piperidine rings is 1.